The molecule has 0 radical (unpaired) electrons. The number of carboxylic acid groups (broad SMARTS) is 1. The highest BCUT2D eigenvalue weighted by molar-refractivity contribution is 6.01. The lowest BCUT2D eigenvalue weighted by Gasteiger charge is -2.25. The molecule has 1 aliphatic carbocycles. The van der Waals surface area contributed by atoms with Gasteiger partial charge in [0.15, 0.2) is 0 Å². The van der Waals surface area contributed by atoms with Crippen molar-refractivity contribution >= 4 is 23.5 Å². The first-order valence-corrected chi connectivity index (χ1v) is 10.5. The highest BCUT2D eigenvalue weighted by Crippen LogP contribution is 2.31. The summed E-state index contributed by atoms with van der Waals surface area (Å²) in [5.41, 5.74) is 1.81. The van der Waals surface area contributed by atoms with E-state index in [-0.39, 0.29) is 30.7 Å². The number of carboxylic acids is 1. The Labute approximate surface area is 191 Å². The monoisotopic (exact) mass is 444 g/mol. The van der Waals surface area contributed by atoms with Crippen LogP contribution in [-0.4, -0.2) is 35.5 Å². The van der Waals surface area contributed by atoms with Gasteiger partial charge >= 0.3 is 5.97 Å². The maximum atomic E-state index is 13.1. The maximum absolute atomic E-state index is 13.1. The van der Waals surface area contributed by atoms with Crippen LogP contribution in [0.4, 0.5) is 5.69 Å². The summed E-state index contributed by atoms with van der Waals surface area (Å²) in [5.74, 6) is -1.48. The van der Waals surface area contributed by atoms with Gasteiger partial charge < -0.3 is 20.5 Å². The third kappa shape index (κ3) is 4.72. The third-order valence-electron chi connectivity index (χ3n) is 5.81. The molecule has 0 unspecified atom stereocenters. The first-order chi connectivity index (χ1) is 15.9. The van der Waals surface area contributed by atoms with E-state index >= 15 is 0 Å². The van der Waals surface area contributed by atoms with Crippen LogP contribution in [-0.2, 0) is 28.9 Å². The Hall–Kier alpha value is -4.13. The summed E-state index contributed by atoms with van der Waals surface area (Å²) in [6.45, 7) is 0. The van der Waals surface area contributed by atoms with Crippen molar-refractivity contribution in [3.05, 3.63) is 95.1 Å². The van der Waals surface area contributed by atoms with Crippen molar-refractivity contribution < 1.29 is 24.2 Å². The van der Waals surface area contributed by atoms with E-state index in [1.54, 1.807) is 12.1 Å². The van der Waals surface area contributed by atoms with Crippen molar-refractivity contribution in [1.29, 1.82) is 0 Å². The van der Waals surface area contributed by atoms with Gasteiger partial charge in [-0.2, -0.15) is 0 Å². The zero-order valence-electron chi connectivity index (χ0n) is 18.1. The second-order valence-electron chi connectivity index (χ2n) is 8.09. The van der Waals surface area contributed by atoms with Crippen molar-refractivity contribution in [3.63, 3.8) is 0 Å². The van der Waals surface area contributed by atoms with Crippen LogP contribution < -0.4 is 15.4 Å². The van der Waals surface area contributed by atoms with Gasteiger partial charge in [0.2, 0.25) is 5.91 Å². The van der Waals surface area contributed by atoms with E-state index in [4.69, 9.17) is 4.74 Å². The van der Waals surface area contributed by atoms with Crippen LogP contribution in [0.3, 0.4) is 0 Å². The number of aliphatic carboxylic acids is 1. The van der Waals surface area contributed by atoms with Gasteiger partial charge in [0, 0.05) is 18.4 Å². The van der Waals surface area contributed by atoms with Crippen LogP contribution in [0.25, 0.3) is 0 Å². The number of rotatable bonds is 7. The molecule has 0 fully saturated rings. The lowest BCUT2D eigenvalue weighted by Crippen LogP contribution is -2.55. The lowest BCUT2D eigenvalue weighted by molar-refractivity contribution is -0.144. The number of nitrogens with one attached hydrogen (secondary N) is 2. The fourth-order valence-electron chi connectivity index (χ4n) is 4.12. The second kappa shape index (κ2) is 9.16. The number of amides is 2. The van der Waals surface area contributed by atoms with Gasteiger partial charge in [-0.25, -0.2) is 4.79 Å². The smallest absolute Gasteiger partial charge is 0.330 e. The summed E-state index contributed by atoms with van der Waals surface area (Å²) in [5, 5.41) is 15.4. The zero-order chi connectivity index (χ0) is 23.4. The number of ether oxygens (including phenoxy) is 1. The topological polar surface area (TPSA) is 105 Å². The molecule has 0 saturated heterocycles. The van der Waals surface area contributed by atoms with E-state index in [2.05, 4.69) is 10.6 Å². The minimum absolute atomic E-state index is 0.167. The molecule has 3 aromatic rings. The van der Waals surface area contributed by atoms with Gasteiger partial charge in [0.25, 0.3) is 5.91 Å². The summed E-state index contributed by atoms with van der Waals surface area (Å²) in [4.78, 5) is 37.7. The Morgan fingerprint density at radius 2 is 1.58 bits per heavy atom. The van der Waals surface area contributed by atoms with Gasteiger partial charge in [-0.05, 0) is 34.9 Å². The minimum atomic E-state index is -1.42. The van der Waals surface area contributed by atoms with Crippen molar-refractivity contribution in [2.45, 2.75) is 24.8 Å². The Morgan fingerprint density at radius 3 is 2.18 bits per heavy atom. The summed E-state index contributed by atoms with van der Waals surface area (Å²) >= 11 is 0. The minimum Gasteiger partial charge on any atom is -0.495 e. The number of benzene rings is 3. The average Bonchev–Trinajstić information content (AvgIpc) is 3.19. The number of methoxy groups -OCH3 is 1. The average molecular weight is 444 g/mol. The molecule has 3 aromatic carbocycles. The van der Waals surface area contributed by atoms with Crippen molar-refractivity contribution in [2.24, 2.45) is 0 Å². The van der Waals surface area contributed by atoms with Gasteiger partial charge in [0.05, 0.1) is 19.2 Å². The molecule has 4 rings (SSSR count). The van der Waals surface area contributed by atoms with E-state index in [1.165, 1.54) is 13.2 Å². The van der Waals surface area contributed by atoms with E-state index < -0.39 is 17.4 Å². The van der Waals surface area contributed by atoms with E-state index in [0.29, 0.717) is 11.4 Å². The van der Waals surface area contributed by atoms with Crippen LogP contribution in [0.5, 0.6) is 5.75 Å². The molecule has 7 nitrogen and oxygen atoms in total. The normalized spacial score (nSPS) is 13.6. The quantitative estimate of drug-likeness (QED) is 0.519. The molecule has 0 heterocycles. The number of anilines is 1. The molecule has 168 valence electrons. The van der Waals surface area contributed by atoms with Crippen molar-refractivity contribution in [2.75, 3.05) is 12.4 Å². The zero-order valence-corrected chi connectivity index (χ0v) is 18.1. The molecule has 3 N–H and O–H groups in total. The Bertz CT molecular complexity index is 1180. The summed E-state index contributed by atoms with van der Waals surface area (Å²) < 4.78 is 5.32. The first kappa shape index (κ1) is 22.1. The molecule has 0 aromatic heterocycles. The van der Waals surface area contributed by atoms with E-state index in [0.717, 1.165) is 16.7 Å². The highest BCUT2D eigenvalue weighted by atomic mass is 16.5. The van der Waals surface area contributed by atoms with E-state index in [1.807, 2.05) is 54.6 Å². The highest BCUT2D eigenvalue weighted by Gasteiger charge is 2.45. The lowest BCUT2D eigenvalue weighted by atomic mass is 9.95. The molecular formula is C26H24N2O5. The van der Waals surface area contributed by atoms with Gasteiger partial charge in [-0.15, -0.1) is 0 Å². The standard InChI is InChI=1S/C26H24N2O5/c1-33-22-12-11-18(14-21(22)27-23(29)13-17-7-3-2-4-8-17)24(30)28-26(25(31)32)15-19-9-5-6-10-20(19)16-26/h2-12,14H,13,15-16H2,1H3,(H,27,29)(H,28,30)(H,31,32). The predicted molar refractivity (Wildman–Crippen MR) is 123 cm³/mol. The largest absolute Gasteiger partial charge is 0.495 e. The molecule has 2 amide bonds. The number of carbonyl (C=O) groups is 3. The fourth-order valence-corrected chi connectivity index (χ4v) is 4.12. The fraction of sp³-hybridized carbons (Fsp3) is 0.192. The summed E-state index contributed by atoms with van der Waals surface area (Å²) in [6, 6.07) is 21.4. The molecule has 0 spiro atoms. The van der Waals surface area contributed by atoms with Gasteiger partial charge in [0.1, 0.15) is 11.3 Å². The number of hydrogen-bond acceptors (Lipinski definition) is 4. The SMILES string of the molecule is COc1ccc(C(=O)NC2(C(=O)O)Cc3ccccc3C2)cc1NC(=O)Cc1ccccc1. The number of carbonyl (C=O) groups excluding carboxylic acids is 2. The molecule has 0 saturated carbocycles. The first-order valence-electron chi connectivity index (χ1n) is 10.5. The number of fused-ring (bicyclic) bond motifs is 1. The van der Waals surface area contributed by atoms with Crippen molar-refractivity contribution in [3.8, 4) is 5.75 Å². The molecule has 0 aliphatic heterocycles. The van der Waals surface area contributed by atoms with Crippen LogP contribution >= 0.6 is 0 Å². The molecular weight excluding hydrogens is 420 g/mol. The van der Waals surface area contributed by atoms with Crippen LogP contribution in [0.1, 0.15) is 27.0 Å². The third-order valence-corrected chi connectivity index (χ3v) is 5.81. The summed E-state index contributed by atoms with van der Waals surface area (Å²) in [7, 11) is 1.47. The summed E-state index contributed by atoms with van der Waals surface area (Å²) in [6.07, 6.45) is 0.586. The molecule has 7 heteroatoms. The Balaban J connectivity index is 1.53. The van der Waals surface area contributed by atoms with Gasteiger partial charge in [-0.1, -0.05) is 54.6 Å². The van der Waals surface area contributed by atoms with Crippen LogP contribution in [0.2, 0.25) is 0 Å². The van der Waals surface area contributed by atoms with E-state index in [9.17, 15) is 19.5 Å². The Morgan fingerprint density at radius 1 is 0.939 bits per heavy atom. The Kier molecular flexibility index (Phi) is 6.13. The predicted octanol–water partition coefficient (Wildman–Crippen LogP) is 3.23. The maximum Gasteiger partial charge on any atom is 0.330 e. The molecule has 0 bridgehead atoms. The molecule has 0 atom stereocenters. The number of hydrogen-bond donors (Lipinski definition) is 3. The molecule has 1 aliphatic rings. The van der Waals surface area contributed by atoms with Crippen LogP contribution in [0.15, 0.2) is 72.8 Å². The van der Waals surface area contributed by atoms with Crippen LogP contribution in [0, 0.1) is 0 Å². The van der Waals surface area contributed by atoms with Crippen molar-refractivity contribution in [1.82, 2.24) is 5.32 Å². The van der Waals surface area contributed by atoms with Gasteiger partial charge in [-0.3, -0.25) is 9.59 Å². The molecule has 33 heavy (non-hydrogen) atoms. The second-order valence-corrected chi connectivity index (χ2v) is 8.09.